The lowest BCUT2D eigenvalue weighted by Gasteiger charge is -2.24. The summed E-state index contributed by atoms with van der Waals surface area (Å²) in [5, 5.41) is 8.83. The number of carboxylic acid groups (broad SMARTS) is 1. The predicted octanol–water partition coefficient (Wildman–Crippen LogP) is -0.242. The minimum Gasteiger partial charge on any atom is -0.480 e. The van der Waals surface area contributed by atoms with Crippen LogP contribution in [0, 0.1) is 0 Å². The number of thioether (sulfide) groups is 1. The monoisotopic (exact) mass is 269 g/mol. The van der Waals surface area contributed by atoms with Gasteiger partial charge in [0.1, 0.15) is 11.7 Å². The minimum atomic E-state index is -1.04. The van der Waals surface area contributed by atoms with E-state index in [0.717, 1.165) is 6.20 Å². The van der Waals surface area contributed by atoms with Gasteiger partial charge in [-0.2, -0.15) is 0 Å². The number of aliphatic carboxylic acids is 1. The van der Waals surface area contributed by atoms with Crippen LogP contribution in [0.25, 0.3) is 0 Å². The summed E-state index contributed by atoms with van der Waals surface area (Å²) in [5.41, 5.74) is -0.375. The number of hydrogen-bond donors (Lipinski definition) is 2. The quantitative estimate of drug-likeness (QED) is 0.768. The molecule has 96 valence electrons. The van der Waals surface area contributed by atoms with Crippen LogP contribution in [0.3, 0.4) is 0 Å². The first kappa shape index (κ1) is 12.6. The van der Waals surface area contributed by atoms with Gasteiger partial charge in [-0.15, -0.1) is 11.8 Å². The maximum absolute atomic E-state index is 12.1. The van der Waals surface area contributed by atoms with E-state index in [9.17, 15) is 14.4 Å². The molecule has 1 fully saturated rings. The van der Waals surface area contributed by atoms with Crippen LogP contribution >= 0.6 is 11.8 Å². The lowest BCUT2D eigenvalue weighted by Crippen LogP contribution is -2.45. The van der Waals surface area contributed by atoms with Gasteiger partial charge in [-0.25, -0.2) is 9.78 Å². The second kappa shape index (κ2) is 4.81. The molecule has 1 aliphatic heterocycles. The smallest absolute Gasteiger partial charge is 0.327 e. The molecular weight excluding hydrogens is 258 g/mol. The van der Waals surface area contributed by atoms with Crippen molar-refractivity contribution < 1.29 is 14.7 Å². The highest BCUT2D eigenvalue weighted by Crippen LogP contribution is 2.29. The lowest BCUT2D eigenvalue weighted by molar-refractivity contribution is -0.141. The summed E-state index contributed by atoms with van der Waals surface area (Å²) < 4.78 is 0. The molecule has 1 aromatic heterocycles. The molecule has 2 N–H and O–H groups in total. The third-order valence-electron chi connectivity index (χ3n) is 2.63. The molecule has 1 aromatic rings. The summed E-state index contributed by atoms with van der Waals surface area (Å²) in [6.45, 7) is 1.76. The van der Waals surface area contributed by atoms with E-state index in [-0.39, 0.29) is 11.1 Å². The van der Waals surface area contributed by atoms with E-state index in [1.807, 2.05) is 0 Å². The topological polar surface area (TPSA) is 103 Å². The van der Waals surface area contributed by atoms with Crippen LogP contribution in [0.1, 0.15) is 17.4 Å². The zero-order chi connectivity index (χ0) is 13.3. The van der Waals surface area contributed by atoms with Crippen molar-refractivity contribution >= 4 is 23.6 Å². The van der Waals surface area contributed by atoms with E-state index in [4.69, 9.17) is 5.11 Å². The molecule has 7 nitrogen and oxygen atoms in total. The number of hydrogen-bond acceptors (Lipinski definition) is 5. The zero-order valence-electron chi connectivity index (χ0n) is 9.49. The van der Waals surface area contributed by atoms with E-state index in [0.29, 0.717) is 5.75 Å². The summed E-state index contributed by atoms with van der Waals surface area (Å²) in [6.07, 6.45) is 2.19. The molecule has 0 saturated carbocycles. The van der Waals surface area contributed by atoms with Gasteiger partial charge in [-0.3, -0.25) is 9.59 Å². The number of aromatic nitrogens is 2. The van der Waals surface area contributed by atoms with Crippen molar-refractivity contribution in [2.75, 3.05) is 5.75 Å². The Kier molecular flexibility index (Phi) is 3.37. The minimum absolute atomic E-state index is 0.0372. The Labute approximate surface area is 106 Å². The molecule has 18 heavy (non-hydrogen) atoms. The Hall–Kier alpha value is -1.83. The van der Waals surface area contributed by atoms with Crippen LogP contribution in [0.15, 0.2) is 17.2 Å². The molecule has 2 heterocycles. The molecule has 0 aromatic carbocycles. The Balaban J connectivity index is 2.29. The number of carbonyl (C=O) groups excluding carboxylic acids is 1. The van der Waals surface area contributed by atoms with Crippen molar-refractivity contribution in [2.45, 2.75) is 18.3 Å². The predicted molar refractivity (Wildman–Crippen MR) is 64.4 cm³/mol. The largest absolute Gasteiger partial charge is 0.480 e. The second-order valence-corrected chi connectivity index (χ2v) is 5.14. The molecule has 2 unspecified atom stereocenters. The van der Waals surface area contributed by atoms with Gasteiger partial charge >= 0.3 is 5.97 Å². The number of nitrogens with one attached hydrogen (secondary N) is 1. The van der Waals surface area contributed by atoms with Crippen molar-refractivity contribution in [2.24, 2.45) is 0 Å². The van der Waals surface area contributed by atoms with Gasteiger partial charge in [0.25, 0.3) is 11.5 Å². The third kappa shape index (κ3) is 2.23. The van der Waals surface area contributed by atoms with Crippen molar-refractivity contribution in [3.05, 3.63) is 28.4 Å². The number of carboxylic acids is 1. The van der Waals surface area contributed by atoms with Crippen molar-refractivity contribution in [1.29, 1.82) is 0 Å². The van der Waals surface area contributed by atoms with E-state index in [1.165, 1.54) is 22.9 Å². The fraction of sp³-hybridized carbons (Fsp3) is 0.400. The van der Waals surface area contributed by atoms with Crippen LogP contribution in [-0.2, 0) is 4.79 Å². The fourth-order valence-corrected chi connectivity index (χ4v) is 2.90. The highest BCUT2D eigenvalue weighted by atomic mass is 32.2. The van der Waals surface area contributed by atoms with Gasteiger partial charge in [-0.05, 0) is 6.92 Å². The lowest BCUT2D eigenvalue weighted by atomic mass is 10.2. The average Bonchev–Trinajstić information content (AvgIpc) is 2.71. The van der Waals surface area contributed by atoms with E-state index in [1.54, 1.807) is 6.92 Å². The van der Waals surface area contributed by atoms with Crippen molar-refractivity contribution in [1.82, 2.24) is 14.9 Å². The van der Waals surface area contributed by atoms with Crippen molar-refractivity contribution in [3.8, 4) is 0 Å². The first-order valence-corrected chi connectivity index (χ1v) is 6.27. The normalized spacial score (nSPS) is 23.1. The van der Waals surface area contributed by atoms with Crippen LogP contribution in [-0.4, -0.2) is 49.0 Å². The number of rotatable bonds is 2. The van der Waals surface area contributed by atoms with Gasteiger partial charge in [0, 0.05) is 11.9 Å². The number of H-pyrrole nitrogens is 1. The Bertz CT molecular complexity index is 524. The third-order valence-corrected chi connectivity index (χ3v) is 3.85. The van der Waals surface area contributed by atoms with Crippen LogP contribution in [0.2, 0.25) is 0 Å². The van der Waals surface area contributed by atoms with Gasteiger partial charge in [-0.1, -0.05) is 0 Å². The summed E-state index contributed by atoms with van der Waals surface area (Å²) in [7, 11) is 0. The first-order valence-electron chi connectivity index (χ1n) is 5.22. The zero-order valence-corrected chi connectivity index (χ0v) is 10.3. The molecular formula is C10H11N3O4S. The van der Waals surface area contributed by atoms with E-state index in [2.05, 4.69) is 9.97 Å². The van der Waals surface area contributed by atoms with Crippen LogP contribution < -0.4 is 5.56 Å². The molecule has 8 heteroatoms. The summed E-state index contributed by atoms with van der Waals surface area (Å²) in [5.74, 6) is -1.17. The number of amides is 1. The number of carbonyl (C=O) groups is 2. The summed E-state index contributed by atoms with van der Waals surface area (Å²) in [4.78, 5) is 41.4. The first-order chi connectivity index (χ1) is 8.50. The van der Waals surface area contributed by atoms with Crippen LogP contribution in [0.5, 0.6) is 0 Å². The van der Waals surface area contributed by atoms with Gasteiger partial charge in [0.05, 0.1) is 11.6 Å². The number of aromatic amines is 1. The molecule has 0 bridgehead atoms. The Morgan fingerprint density at radius 3 is 2.89 bits per heavy atom. The molecule has 0 radical (unpaired) electrons. The maximum Gasteiger partial charge on any atom is 0.327 e. The molecule has 1 saturated heterocycles. The highest BCUT2D eigenvalue weighted by molar-refractivity contribution is 8.00. The summed E-state index contributed by atoms with van der Waals surface area (Å²) >= 11 is 1.39. The molecule has 0 spiro atoms. The molecule has 2 rings (SSSR count). The second-order valence-electron chi connectivity index (χ2n) is 3.80. The van der Waals surface area contributed by atoms with E-state index < -0.39 is 23.5 Å². The maximum atomic E-state index is 12.1. The molecule has 1 aliphatic rings. The average molecular weight is 269 g/mol. The Morgan fingerprint density at radius 1 is 1.61 bits per heavy atom. The SMILES string of the molecule is CC1SCC(C(=O)O)N1C(=O)c1c[nH]c(=O)cn1. The van der Waals surface area contributed by atoms with Crippen LogP contribution in [0.4, 0.5) is 0 Å². The summed E-state index contributed by atoms with van der Waals surface area (Å²) in [6, 6.07) is -0.855. The Morgan fingerprint density at radius 2 is 2.33 bits per heavy atom. The number of nitrogens with zero attached hydrogens (tertiary/aromatic N) is 2. The highest BCUT2D eigenvalue weighted by Gasteiger charge is 2.40. The van der Waals surface area contributed by atoms with Crippen molar-refractivity contribution in [3.63, 3.8) is 0 Å². The van der Waals surface area contributed by atoms with Gasteiger partial charge < -0.3 is 15.0 Å². The molecule has 1 amide bonds. The van der Waals surface area contributed by atoms with Gasteiger partial charge in [0.15, 0.2) is 0 Å². The standard InChI is InChI=1S/C10H11N3O4S/c1-5-13(7(4-18-5)10(16)17)9(15)6-2-12-8(14)3-11-6/h2-3,5,7H,4H2,1H3,(H,12,14)(H,16,17). The van der Waals surface area contributed by atoms with E-state index >= 15 is 0 Å². The fourth-order valence-electron chi connectivity index (χ4n) is 1.73. The molecule has 2 atom stereocenters. The molecule has 0 aliphatic carbocycles. The van der Waals surface area contributed by atoms with Gasteiger partial charge in [0.2, 0.25) is 0 Å².